The summed E-state index contributed by atoms with van der Waals surface area (Å²) in [7, 11) is 0. The van der Waals surface area contributed by atoms with Gasteiger partial charge in [-0.05, 0) is 24.6 Å². The number of ether oxygens (including phenoxy) is 2. The van der Waals surface area contributed by atoms with Crippen LogP contribution in [0.15, 0.2) is 31.0 Å². The monoisotopic (exact) mass is 312 g/mol. The quantitative estimate of drug-likeness (QED) is 0.813. The van der Waals surface area contributed by atoms with Gasteiger partial charge in [0.15, 0.2) is 0 Å². The Balaban J connectivity index is 2.20. The van der Waals surface area contributed by atoms with Gasteiger partial charge in [0.25, 0.3) is 0 Å². The molecule has 0 unspecified atom stereocenters. The summed E-state index contributed by atoms with van der Waals surface area (Å²) in [5.74, 6) is -0.340. The number of rotatable bonds is 4. The van der Waals surface area contributed by atoms with Crippen molar-refractivity contribution in [2.45, 2.75) is 6.92 Å². The number of fused-ring (bicyclic) bond motifs is 1. The number of aromatic nitrogens is 1. The molecule has 1 aliphatic rings. The van der Waals surface area contributed by atoms with Crippen molar-refractivity contribution in [1.29, 1.82) is 0 Å². The van der Waals surface area contributed by atoms with Gasteiger partial charge < -0.3 is 14.4 Å². The van der Waals surface area contributed by atoms with Gasteiger partial charge in [0.1, 0.15) is 5.56 Å². The van der Waals surface area contributed by atoms with E-state index in [1.54, 1.807) is 19.2 Å². The number of anilines is 1. The molecule has 0 spiro atoms. The van der Waals surface area contributed by atoms with Crippen LogP contribution in [0.4, 0.5) is 5.69 Å². The number of carbonyl (C=O) groups excluding carboxylic acids is 1. The molecule has 0 radical (unpaired) electrons. The maximum absolute atomic E-state index is 12.4. The molecule has 0 N–H and O–H groups in total. The molecule has 3 rings (SSSR count). The molecule has 120 valence electrons. The Morgan fingerprint density at radius 1 is 1.43 bits per heavy atom. The van der Waals surface area contributed by atoms with Crippen molar-refractivity contribution in [2.24, 2.45) is 0 Å². The van der Waals surface area contributed by atoms with Gasteiger partial charge in [-0.3, -0.25) is 4.98 Å². The molecule has 5 nitrogen and oxygen atoms in total. The molecule has 1 aromatic heterocycles. The lowest BCUT2D eigenvalue weighted by Crippen LogP contribution is -2.37. The molecule has 2 heterocycles. The second-order valence-corrected chi connectivity index (χ2v) is 5.32. The van der Waals surface area contributed by atoms with Crippen molar-refractivity contribution in [3.8, 4) is 0 Å². The standard InChI is InChI=1S/C18H20N2O3/c1-3-13-5-6-16-14(11-13)17(20-7-9-22-10-8-20)15(12-19-16)18(21)23-4-2/h3,5-6,11-12H,1,4,7-10H2,2H3. The van der Waals surface area contributed by atoms with Crippen LogP contribution in [0.25, 0.3) is 17.0 Å². The number of pyridine rings is 1. The Hall–Kier alpha value is -2.40. The molecular weight excluding hydrogens is 292 g/mol. The van der Waals surface area contributed by atoms with Crippen molar-refractivity contribution in [1.82, 2.24) is 4.98 Å². The van der Waals surface area contributed by atoms with E-state index in [4.69, 9.17) is 9.47 Å². The summed E-state index contributed by atoms with van der Waals surface area (Å²) in [6, 6.07) is 5.93. The average Bonchev–Trinajstić information content (AvgIpc) is 2.61. The van der Waals surface area contributed by atoms with Crippen molar-refractivity contribution in [3.63, 3.8) is 0 Å². The minimum absolute atomic E-state index is 0.339. The zero-order valence-electron chi connectivity index (χ0n) is 13.2. The molecule has 0 aliphatic carbocycles. The fraction of sp³-hybridized carbons (Fsp3) is 0.333. The minimum atomic E-state index is -0.340. The highest BCUT2D eigenvalue weighted by atomic mass is 16.5. The van der Waals surface area contributed by atoms with Crippen LogP contribution < -0.4 is 4.90 Å². The normalized spacial score (nSPS) is 14.7. The van der Waals surface area contributed by atoms with Crippen LogP contribution in [0.2, 0.25) is 0 Å². The van der Waals surface area contributed by atoms with Gasteiger partial charge in [0.05, 0.1) is 31.0 Å². The highest BCUT2D eigenvalue weighted by Crippen LogP contribution is 2.31. The van der Waals surface area contributed by atoms with Gasteiger partial charge in [-0.15, -0.1) is 0 Å². The first kappa shape index (κ1) is 15.5. The summed E-state index contributed by atoms with van der Waals surface area (Å²) in [6.07, 6.45) is 3.40. The zero-order chi connectivity index (χ0) is 16.2. The Morgan fingerprint density at radius 2 is 2.22 bits per heavy atom. The first-order valence-corrected chi connectivity index (χ1v) is 7.79. The van der Waals surface area contributed by atoms with E-state index in [9.17, 15) is 4.79 Å². The van der Waals surface area contributed by atoms with E-state index in [1.807, 2.05) is 18.2 Å². The van der Waals surface area contributed by atoms with Crippen molar-refractivity contribution >= 4 is 28.6 Å². The third-order valence-corrected chi connectivity index (χ3v) is 3.92. The van der Waals surface area contributed by atoms with E-state index in [2.05, 4.69) is 16.5 Å². The zero-order valence-corrected chi connectivity index (χ0v) is 13.2. The number of hydrogen-bond donors (Lipinski definition) is 0. The second kappa shape index (κ2) is 6.79. The van der Waals surface area contributed by atoms with E-state index in [-0.39, 0.29) is 5.97 Å². The number of hydrogen-bond acceptors (Lipinski definition) is 5. The van der Waals surface area contributed by atoms with Crippen molar-refractivity contribution in [3.05, 3.63) is 42.1 Å². The molecule has 1 saturated heterocycles. The number of esters is 1. The number of nitrogens with zero attached hydrogens (tertiary/aromatic N) is 2. The Labute approximate surface area is 135 Å². The molecule has 23 heavy (non-hydrogen) atoms. The minimum Gasteiger partial charge on any atom is -0.462 e. The van der Waals surface area contributed by atoms with E-state index in [0.29, 0.717) is 25.4 Å². The van der Waals surface area contributed by atoms with Gasteiger partial charge in [-0.25, -0.2) is 4.79 Å². The van der Waals surface area contributed by atoms with Crippen molar-refractivity contribution < 1.29 is 14.3 Å². The molecule has 0 saturated carbocycles. The molecule has 0 amide bonds. The van der Waals surface area contributed by atoms with Gasteiger partial charge in [0, 0.05) is 24.7 Å². The topological polar surface area (TPSA) is 51.7 Å². The molecule has 5 heteroatoms. The van der Waals surface area contributed by atoms with Crippen LogP contribution in [0.1, 0.15) is 22.8 Å². The summed E-state index contributed by atoms with van der Waals surface area (Å²) < 4.78 is 10.6. The Kier molecular flexibility index (Phi) is 4.57. The molecular formula is C18H20N2O3. The van der Waals surface area contributed by atoms with E-state index < -0.39 is 0 Å². The molecule has 1 fully saturated rings. The Morgan fingerprint density at radius 3 is 2.91 bits per heavy atom. The molecule has 0 bridgehead atoms. The maximum Gasteiger partial charge on any atom is 0.341 e. The van der Waals surface area contributed by atoms with E-state index in [0.717, 1.165) is 35.2 Å². The van der Waals surface area contributed by atoms with Gasteiger partial charge >= 0.3 is 5.97 Å². The predicted molar refractivity (Wildman–Crippen MR) is 90.8 cm³/mol. The first-order valence-electron chi connectivity index (χ1n) is 7.79. The third kappa shape index (κ3) is 3.05. The van der Waals surface area contributed by atoms with Gasteiger partial charge in [-0.2, -0.15) is 0 Å². The fourth-order valence-corrected chi connectivity index (χ4v) is 2.81. The molecule has 1 aliphatic heterocycles. The average molecular weight is 312 g/mol. The number of carbonyl (C=O) groups is 1. The van der Waals surface area contributed by atoms with Crippen LogP contribution in [-0.2, 0) is 9.47 Å². The summed E-state index contributed by atoms with van der Waals surface area (Å²) in [6.45, 7) is 8.73. The fourth-order valence-electron chi connectivity index (χ4n) is 2.81. The Bertz CT molecular complexity index is 736. The lowest BCUT2D eigenvalue weighted by atomic mass is 10.0. The van der Waals surface area contributed by atoms with Gasteiger partial charge in [0.2, 0.25) is 0 Å². The number of benzene rings is 1. The summed E-state index contributed by atoms with van der Waals surface area (Å²) in [4.78, 5) is 19.0. The van der Waals surface area contributed by atoms with Crippen LogP contribution in [0.3, 0.4) is 0 Å². The molecule has 0 atom stereocenters. The van der Waals surface area contributed by atoms with Crippen LogP contribution >= 0.6 is 0 Å². The maximum atomic E-state index is 12.4. The third-order valence-electron chi connectivity index (χ3n) is 3.92. The molecule has 1 aromatic carbocycles. The molecule has 2 aromatic rings. The van der Waals surface area contributed by atoms with Crippen LogP contribution in [0, 0.1) is 0 Å². The lowest BCUT2D eigenvalue weighted by Gasteiger charge is -2.31. The van der Waals surface area contributed by atoms with Crippen LogP contribution in [0.5, 0.6) is 0 Å². The lowest BCUT2D eigenvalue weighted by molar-refractivity contribution is 0.0526. The summed E-state index contributed by atoms with van der Waals surface area (Å²) in [5.41, 5.74) is 3.22. The van der Waals surface area contributed by atoms with Crippen LogP contribution in [-0.4, -0.2) is 43.9 Å². The van der Waals surface area contributed by atoms with E-state index >= 15 is 0 Å². The van der Waals surface area contributed by atoms with E-state index in [1.165, 1.54) is 0 Å². The number of morpholine rings is 1. The SMILES string of the molecule is C=Cc1ccc2ncc(C(=O)OCC)c(N3CCOCC3)c2c1. The highest BCUT2D eigenvalue weighted by Gasteiger charge is 2.23. The smallest absolute Gasteiger partial charge is 0.341 e. The summed E-state index contributed by atoms with van der Waals surface area (Å²) >= 11 is 0. The summed E-state index contributed by atoms with van der Waals surface area (Å²) in [5, 5.41) is 0.940. The first-order chi connectivity index (χ1) is 11.2. The predicted octanol–water partition coefficient (Wildman–Crippen LogP) is 2.89. The largest absolute Gasteiger partial charge is 0.462 e. The second-order valence-electron chi connectivity index (χ2n) is 5.32. The highest BCUT2D eigenvalue weighted by molar-refractivity contribution is 6.05. The van der Waals surface area contributed by atoms with Crippen molar-refractivity contribution in [2.75, 3.05) is 37.8 Å². The van der Waals surface area contributed by atoms with Gasteiger partial charge in [-0.1, -0.05) is 18.7 Å².